The molecule has 31 heavy (non-hydrogen) atoms. The number of hydrogen-bond donors (Lipinski definition) is 1. The van der Waals surface area contributed by atoms with Crippen LogP contribution in [-0.4, -0.2) is 53.3 Å². The topological polar surface area (TPSA) is 66.3 Å². The summed E-state index contributed by atoms with van der Waals surface area (Å²) in [6.45, 7) is 3.42. The van der Waals surface area contributed by atoms with Gasteiger partial charge in [0.2, 0.25) is 0 Å². The lowest BCUT2D eigenvalue weighted by Crippen LogP contribution is -2.46. The van der Waals surface area contributed by atoms with Crippen LogP contribution >= 0.6 is 11.8 Å². The number of likely N-dealkylation sites (tertiary alicyclic amines) is 1. The molecule has 162 valence electrons. The molecule has 7 heteroatoms. The number of thioether (sulfide) groups is 1. The van der Waals surface area contributed by atoms with Crippen LogP contribution in [0.3, 0.4) is 0 Å². The molecule has 0 radical (unpaired) electrons. The monoisotopic (exact) mass is 436 g/mol. The number of ether oxygens (including phenoxy) is 1. The first kappa shape index (κ1) is 21.4. The SMILES string of the molecule is CCCSC1=NC2(CCN(C(=O)Nc3cccc(OC)c3)CC2)N=C1c1ccccc1. The van der Waals surface area contributed by atoms with Crippen LogP contribution in [0.1, 0.15) is 31.7 Å². The van der Waals surface area contributed by atoms with Crippen LogP contribution in [0.4, 0.5) is 10.5 Å². The molecule has 2 aromatic carbocycles. The summed E-state index contributed by atoms with van der Waals surface area (Å²) in [6, 6.07) is 17.6. The number of nitrogens with one attached hydrogen (secondary N) is 1. The summed E-state index contributed by atoms with van der Waals surface area (Å²) in [5.74, 6) is 1.74. The van der Waals surface area contributed by atoms with Gasteiger partial charge in [0.05, 0.1) is 12.8 Å². The van der Waals surface area contributed by atoms with E-state index in [0.29, 0.717) is 13.1 Å². The minimum Gasteiger partial charge on any atom is -0.497 e. The van der Waals surface area contributed by atoms with Gasteiger partial charge in [-0.1, -0.05) is 43.3 Å². The highest BCUT2D eigenvalue weighted by atomic mass is 32.2. The molecule has 0 aromatic heterocycles. The molecule has 2 aliphatic rings. The second-order valence-corrected chi connectivity index (χ2v) is 8.81. The Hall–Kier alpha value is -2.80. The number of carbonyl (C=O) groups is 1. The first-order valence-electron chi connectivity index (χ1n) is 10.7. The van der Waals surface area contributed by atoms with Crippen molar-refractivity contribution in [2.45, 2.75) is 31.8 Å². The minimum absolute atomic E-state index is 0.0991. The Labute approximate surface area is 187 Å². The quantitative estimate of drug-likeness (QED) is 0.712. The lowest BCUT2D eigenvalue weighted by Gasteiger charge is -2.35. The molecular formula is C24H28N4O2S. The predicted molar refractivity (Wildman–Crippen MR) is 129 cm³/mol. The molecule has 0 aliphatic carbocycles. The van der Waals surface area contributed by atoms with Crippen LogP contribution < -0.4 is 10.1 Å². The minimum atomic E-state index is -0.450. The molecule has 0 unspecified atom stereocenters. The van der Waals surface area contributed by atoms with Gasteiger partial charge in [-0.25, -0.2) is 9.79 Å². The fourth-order valence-corrected chi connectivity index (χ4v) is 4.73. The second-order valence-electron chi connectivity index (χ2n) is 7.72. The van der Waals surface area contributed by atoms with Crippen LogP contribution in [0.25, 0.3) is 0 Å². The number of urea groups is 1. The molecule has 1 spiro atoms. The van der Waals surface area contributed by atoms with Gasteiger partial charge in [-0.3, -0.25) is 4.99 Å². The largest absolute Gasteiger partial charge is 0.497 e. The maximum Gasteiger partial charge on any atom is 0.321 e. The smallest absolute Gasteiger partial charge is 0.321 e. The zero-order valence-electron chi connectivity index (χ0n) is 18.0. The fourth-order valence-electron chi connectivity index (χ4n) is 3.80. The van der Waals surface area contributed by atoms with E-state index in [2.05, 4.69) is 24.4 Å². The number of nitrogens with zero attached hydrogens (tertiary/aromatic N) is 3. The highest BCUT2D eigenvalue weighted by Gasteiger charge is 2.40. The van der Waals surface area contributed by atoms with Gasteiger partial charge in [0.15, 0.2) is 5.66 Å². The van der Waals surface area contributed by atoms with Crippen molar-refractivity contribution in [2.24, 2.45) is 9.98 Å². The first-order valence-corrected chi connectivity index (χ1v) is 11.7. The number of anilines is 1. The van der Waals surface area contributed by atoms with E-state index >= 15 is 0 Å². The predicted octanol–water partition coefficient (Wildman–Crippen LogP) is 5.06. The Bertz CT molecular complexity index is 982. The van der Waals surface area contributed by atoms with Crippen molar-refractivity contribution in [1.29, 1.82) is 0 Å². The lowest BCUT2D eigenvalue weighted by atomic mass is 9.98. The van der Waals surface area contributed by atoms with Gasteiger partial charge in [0, 0.05) is 43.2 Å². The van der Waals surface area contributed by atoms with E-state index in [1.54, 1.807) is 18.9 Å². The summed E-state index contributed by atoms with van der Waals surface area (Å²) in [4.78, 5) is 24.8. The molecule has 1 N–H and O–H groups in total. The van der Waals surface area contributed by atoms with E-state index in [-0.39, 0.29) is 6.03 Å². The van der Waals surface area contributed by atoms with Crippen LogP contribution in [0.2, 0.25) is 0 Å². The summed E-state index contributed by atoms with van der Waals surface area (Å²) >= 11 is 1.78. The number of piperidine rings is 1. The average molecular weight is 437 g/mol. The molecule has 2 aliphatic heterocycles. The zero-order valence-corrected chi connectivity index (χ0v) is 18.8. The van der Waals surface area contributed by atoms with Crippen molar-refractivity contribution in [1.82, 2.24) is 4.90 Å². The Kier molecular flexibility index (Phi) is 6.61. The number of aliphatic imine (C=N–C) groups is 2. The molecule has 0 atom stereocenters. The third kappa shape index (κ3) is 4.93. The molecule has 6 nitrogen and oxygen atoms in total. The van der Waals surface area contributed by atoms with Crippen molar-refractivity contribution >= 4 is 34.2 Å². The van der Waals surface area contributed by atoms with Crippen LogP contribution in [-0.2, 0) is 0 Å². The number of benzene rings is 2. The average Bonchev–Trinajstić information content (AvgIpc) is 3.16. The van der Waals surface area contributed by atoms with E-state index in [1.807, 2.05) is 47.4 Å². The maximum atomic E-state index is 12.8. The van der Waals surface area contributed by atoms with Gasteiger partial charge in [-0.05, 0) is 24.3 Å². The van der Waals surface area contributed by atoms with Gasteiger partial charge in [0.25, 0.3) is 0 Å². The molecule has 1 saturated heterocycles. The second kappa shape index (κ2) is 9.56. The summed E-state index contributed by atoms with van der Waals surface area (Å²) in [5, 5.41) is 4.00. The van der Waals surface area contributed by atoms with E-state index in [9.17, 15) is 4.79 Å². The standard InChI is InChI=1S/C24H28N4O2S/c1-3-16-31-22-21(18-8-5-4-6-9-18)26-24(27-22)12-14-28(15-13-24)23(29)25-19-10-7-11-20(17-19)30-2/h4-11,17H,3,12-16H2,1-2H3,(H,25,29). The molecular weight excluding hydrogens is 408 g/mol. The highest BCUT2D eigenvalue weighted by molar-refractivity contribution is 8.15. The number of hydrogen-bond acceptors (Lipinski definition) is 5. The van der Waals surface area contributed by atoms with E-state index in [0.717, 1.165) is 52.8 Å². The van der Waals surface area contributed by atoms with Gasteiger partial charge in [0.1, 0.15) is 10.8 Å². The Morgan fingerprint density at radius 2 is 1.90 bits per heavy atom. The zero-order chi connectivity index (χ0) is 21.7. The highest BCUT2D eigenvalue weighted by Crippen LogP contribution is 2.36. The number of amides is 2. The van der Waals surface area contributed by atoms with Crippen molar-refractivity contribution in [3.63, 3.8) is 0 Å². The van der Waals surface area contributed by atoms with E-state index in [1.165, 1.54) is 0 Å². The van der Waals surface area contributed by atoms with Crippen molar-refractivity contribution in [3.8, 4) is 5.75 Å². The Balaban J connectivity index is 1.45. The molecule has 4 rings (SSSR count). The third-order valence-electron chi connectivity index (χ3n) is 5.49. The van der Waals surface area contributed by atoms with Crippen LogP contribution in [0, 0.1) is 0 Å². The lowest BCUT2D eigenvalue weighted by molar-refractivity contribution is 0.175. The van der Waals surface area contributed by atoms with Crippen molar-refractivity contribution in [2.75, 3.05) is 31.3 Å². The summed E-state index contributed by atoms with van der Waals surface area (Å²) < 4.78 is 5.23. The third-order valence-corrected chi connectivity index (χ3v) is 6.67. The number of rotatable bonds is 5. The molecule has 2 amide bonds. The molecule has 1 fully saturated rings. The Morgan fingerprint density at radius 1 is 1.13 bits per heavy atom. The Morgan fingerprint density at radius 3 is 2.61 bits per heavy atom. The van der Waals surface area contributed by atoms with Crippen LogP contribution in [0.15, 0.2) is 64.6 Å². The van der Waals surface area contributed by atoms with Gasteiger partial charge < -0.3 is 15.0 Å². The normalized spacial score (nSPS) is 17.3. The summed E-state index contributed by atoms with van der Waals surface area (Å²) in [7, 11) is 1.62. The maximum absolute atomic E-state index is 12.8. The number of carbonyl (C=O) groups excluding carboxylic acids is 1. The fraction of sp³-hybridized carbons (Fsp3) is 0.375. The summed E-state index contributed by atoms with van der Waals surface area (Å²) in [6.07, 6.45) is 2.55. The summed E-state index contributed by atoms with van der Waals surface area (Å²) in [5.41, 5.74) is 2.38. The number of methoxy groups -OCH3 is 1. The van der Waals surface area contributed by atoms with Gasteiger partial charge >= 0.3 is 6.03 Å². The van der Waals surface area contributed by atoms with Crippen molar-refractivity contribution in [3.05, 3.63) is 60.2 Å². The first-order chi connectivity index (χ1) is 15.1. The van der Waals surface area contributed by atoms with Gasteiger partial charge in [-0.2, -0.15) is 0 Å². The van der Waals surface area contributed by atoms with Crippen LogP contribution in [0.5, 0.6) is 5.75 Å². The molecule has 2 aromatic rings. The molecule has 0 saturated carbocycles. The van der Waals surface area contributed by atoms with Crippen molar-refractivity contribution < 1.29 is 9.53 Å². The van der Waals surface area contributed by atoms with E-state index < -0.39 is 5.66 Å². The molecule has 0 bridgehead atoms. The van der Waals surface area contributed by atoms with Gasteiger partial charge in [-0.15, -0.1) is 11.8 Å². The molecule has 2 heterocycles. The van der Waals surface area contributed by atoms with E-state index in [4.69, 9.17) is 14.7 Å².